The van der Waals surface area contributed by atoms with Gasteiger partial charge in [0.1, 0.15) is 5.82 Å². The minimum atomic E-state index is -0.822. The highest BCUT2D eigenvalue weighted by Crippen LogP contribution is 2.16. The average Bonchev–Trinajstić information content (AvgIpc) is 2.36. The summed E-state index contributed by atoms with van der Waals surface area (Å²) < 4.78 is 13.2. The molecule has 0 saturated carbocycles. The smallest absolute Gasteiger partial charge is 0.273 e. The second kappa shape index (κ2) is 6.47. The first-order valence-electron chi connectivity index (χ1n) is 5.67. The third-order valence-electron chi connectivity index (χ3n) is 2.81. The molecule has 0 aliphatic carbocycles. The normalized spacial score (nSPS) is 13.7. The van der Waals surface area contributed by atoms with Crippen LogP contribution in [0.2, 0.25) is 0 Å². The lowest BCUT2D eigenvalue weighted by atomic mass is 10.1. The Bertz CT molecular complexity index is 496. The number of hydrogen-bond acceptors (Lipinski definition) is 3. The number of amides is 1. The van der Waals surface area contributed by atoms with Crippen molar-refractivity contribution in [1.82, 2.24) is 5.32 Å². The van der Waals surface area contributed by atoms with E-state index in [1.54, 1.807) is 6.92 Å². The van der Waals surface area contributed by atoms with Gasteiger partial charge in [0.05, 0.1) is 11.0 Å². The summed E-state index contributed by atoms with van der Waals surface area (Å²) in [6.45, 7) is 3.62. The predicted molar refractivity (Wildman–Crippen MR) is 69.9 cm³/mol. The summed E-state index contributed by atoms with van der Waals surface area (Å²) >= 11 is 5.67. The molecule has 0 aliphatic rings. The molecule has 0 heterocycles. The summed E-state index contributed by atoms with van der Waals surface area (Å²) in [5.41, 5.74) is -0.538. The van der Waals surface area contributed by atoms with Gasteiger partial charge in [-0.05, 0) is 18.9 Å². The summed E-state index contributed by atoms with van der Waals surface area (Å²) in [6.07, 6.45) is 0. The van der Waals surface area contributed by atoms with Crippen LogP contribution in [0.4, 0.5) is 10.1 Å². The molecule has 1 amide bonds. The Morgan fingerprint density at radius 1 is 1.47 bits per heavy atom. The SMILES string of the molecule is CC(CCl)C(C)NC(=O)c1cc(F)cc([N+](=O)[O-])c1. The zero-order valence-electron chi connectivity index (χ0n) is 10.5. The summed E-state index contributed by atoms with van der Waals surface area (Å²) in [5.74, 6) is -0.983. The number of nitro benzene ring substituents is 1. The van der Waals surface area contributed by atoms with Gasteiger partial charge in [0, 0.05) is 23.6 Å². The second-order valence-electron chi connectivity index (χ2n) is 4.35. The number of carbonyl (C=O) groups excluding carboxylic acids is 1. The zero-order chi connectivity index (χ0) is 14.6. The maximum atomic E-state index is 13.2. The summed E-state index contributed by atoms with van der Waals surface area (Å²) in [5, 5.41) is 13.2. The molecule has 1 aromatic rings. The van der Waals surface area contributed by atoms with Crippen molar-refractivity contribution in [3.8, 4) is 0 Å². The minimum Gasteiger partial charge on any atom is -0.349 e. The number of nitro groups is 1. The molecule has 2 unspecified atom stereocenters. The van der Waals surface area contributed by atoms with Crippen molar-refractivity contribution in [1.29, 1.82) is 0 Å². The maximum Gasteiger partial charge on any atom is 0.273 e. The van der Waals surface area contributed by atoms with E-state index in [1.165, 1.54) is 0 Å². The van der Waals surface area contributed by atoms with Gasteiger partial charge in [-0.1, -0.05) is 6.92 Å². The van der Waals surface area contributed by atoms with Gasteiger partial charge < -0.3 is 5.32 Å². The van der Waals surface area contributed by atoms with Crippen LogP contribution in [-0.4, -0.2) is 22.8 Å². The first kappa shape index (κ1) is 15.4. The van der Waals surface area contributed by atoms with Gasteiger partial charge in [-0.3, -0.25) is 14.9 Å². The molecule has 1 aromatic carbocycles. The lowest BCUT2D eigenvalue weighted by molar-refractivity contribution is -0.385. The molecule has 0 bridgehead atoms. The van der Waals surface area contributed by atoms with Gasteiger partial charge in [-0.2, -0.15) is 0 Å². The maximum absolute atomic E-state index is 13.2. The molecule has 7 heteroatoms. The number of nitrogens with zero attached hydrogens (tertiary/aromatic N) is 1. The van der Waals surface area contributed by atoms with E-state index in [2.05, 4.69) is 5.32 Å². The molecular weight excluding hydrogens is 275 g/mol. The fraction of sp³-hybridized carbons (Fsp3) is 0.417. The number of nitrogens with one attached hydrogen (secondary N) is 1. The second-order valence-corrected chi connectivity index (χ2v) is 4.66. The number of non-ortho nitro benzene ring substituents is 1. The van der Waals surface area contributed by atoms with E-state index >= 15 is 0 Å². The highest BCUT2D eigenvalue weighted by atomic mass is 35.5. The Kier molecular flexibility index (Phi) is 5.23. The first-order valence-corrected chi connectivity index (χ1v) is 6.20. The van der Waals surface area contributed by atoms with Gasteiger partial charge in [0.2, 0.25) is 0 Å². The molecule has 1 N–H and O–H groups in total. The summed E-state index contributed by atoms with van der Waals surface area (Å²) in [4.78, 5) is 21.7. The third kappa shape index (κ3) is 4.17. The highest BCUT2D eigenvalue weighted by molar-refractivity contribution is 6.18. The number of carbonyl (C=O) groups is 1. The number of alkyl halides is 1. The Morgan fingerprint density at radius 3 is 2.63 bits per heavy atom. The monoisotopic (exact) mass is 288 g/mol. The molecule has 2 atom stereocenters. The number of rotatable bonds is 5. The lowest BCUT2D eigenvalue weighted by Crippen LogP contribution is -2.37. The fourth-order valence-electron chi connectivity index (χ4n) is 1.38. The van der Waals surface area contributed by atoms with Crippen LogP contribution in [0.25, 0.3) is 0 Å². The molecule has 5 nitrogen and oxygen atoms in total. The lowest BCUT2D eigenvalue weighted by Gasteiger charge is -2.19. The van der Waals surface area contributed by atoms with E-state index in [0.29, 0.717) is 5.88 Å². The van der Waals surface area contributed by atoms with Gasteiger partial charge in [-0.25, -0.2) is 4.39 Å². The van der Waals surface area contributed by atoms with Gasteiger partial charge in [0.25, 0.3) is 11.6 Å². The van der Waals surface area contributed by atoms with Crippen molar-refractivity contribution in [2.24, 2.45) is 5.92 Å². The Balaban J connectivity index is 2.91. The minimum absolute atomic E-state index is 0.0363. The van der Waals surface area contributed by atoms with E-state index in [-0.39, 0.29) is 17.5 Å². The Labute approximate surface area is 114 Å². The van der Waals surface area contributed by atoms with Crippen LogP contribution in [0, 0.1) is 21.8 Å². The molecule has 1 rings (SSSR count). The summed E-state index contributed by atoms with van der Waals surface area (Å²) in [7, 11) is 0. The largest absolute Gasteiger partial charge is 0.349 e. The zero-order valence-corrected chi connectivity index (χ0v) is 11.3. The molecular formula is C12H14ClFN2O3. The quantitative estimate of drug-likeness (QED) is 0.514. The van der Waals surface area contributed by atoms with Crippen molar-refractivity contribution in [3.05, 3.63) is 39.7 Å². The van der Waals surface area contributed by atoms with Crippen LogP contribution in [-0.2, 0) is 0 Å². The van der Waals surface area contributed by atoms with E-state index in [1.807, 2.05) is 6.92 Å². The molecule has 19 heavy (non-hydrogen) atoms. The first-order chi connectivity index (χ1) is 8.85. The highest BCUT2D eigenvalue weighted by Gasteiger charge is 2.18. The van der Waals surface area contributed by atoms with Gasteiger partial charge >= 0.3 is 0 Å². The van der Waals surface area contributed by atoms with Gasteiger partial charge in [0.15, 0.2) is 0 Å². The average molecular weight is 289 g/mol. The van der Waals surface area contributed by atoms with E-state index < -0.39 is 22.3 Å². The molecule has 0 aliphatic heterocycles. The fourth-order valence-corrected chi connectivity index (χ4v) is 1.64. The molecule has 0 fully saturated rings. The molecule has 0 aromatic heterocycles. The van der Waals surface area contributed by atoms with Crippen molar-refractivity contribution in [3.63, 3.8) is 0 Å². The van der Waals surface area contributed by atoms with Crippen LogP contribution in [0.3, 0.4) is 0 Å². The van der Waals surface area contributed by atoms with E-state index in [0.717, 1.165) is 18.2 Å². The van der Waals surface area contributed by atoms with Crippen LogP contribution < -0.4 is 5.32 Å². The number of halogens is 2. The molecule has 104 valence electrons. The van der Waals surface area contributed by atoms with E-state index in [9.17, 15) is 19.3 Å². The predicted octanol–water partition coefficient (Wildman–Crippen LogP) is 2.73. The molecule has 0 spiro atoms. The Morgan fingerprint density at radius 2 is 2.11 bits per heavy atom. The summed E-state index contributed by atoms with van der Waals surface area (Å²) in [6, 6.07) is 2.55. The standard InChI is InChI=1S/C12H14ClFN2O3/c1-7(6-13)8(2)15-12(17)9-3-10(14)5-11(4-9)16(18)19/h3-5,7-8H,6H2,1-2H3,(H,15,17). The van der Waals surface area contributed by atoms with Crippen molar-refractivity contribution in [2.75, 3.05) is 5.88 Å². The van der Waals surface area contributed by atoms with Crippen LogP contribution in [0.5, 0.6) is 0 Å². The van der Waals surface area contributed by atoms with Crippen LogP contribution >= 0.6 is 11.6 Å². The van der Waals surface area contributed by atoms with Crippen molar-refractivity contribution < 1.29 is 14.1 Å². The topological polar surface area (TPSA) is 72.2 Å². The molecule has 0 saturated heterocycles. The van der Waals surface area contributed by atoms with Crippen molar-refractivity contribution >= 4 is 23.2 Å². The van der Waals surface area contributed by atoms with Crippen LogP contribution in [0.1, 0.15) is 24.2 Å². The van der Waals surface area contributed by atoms with Gasteiger partial charge in [-0.15, -0.1) is 11.6 Å². The van der Waals surface area contributed by atoms with Crippen LogP contribution in [0.15, 0.2) is 18.2 Å². The number of benzene rings is 1. The molecule has 0 radical (unpaired) electrons. The Hall–Kier alpha value is -1.69. The third-order valence-corrected chi connectivity index (χ3v) is 3.30. The van der Waals surface area contributed by atoms with Crippen molar-refractivity contribution in [2.45, 2.75) is 19.9 Å². The van der Waals surface area contributed by atoms with E-state index in [4.69, 9.17) is 11.6 Å². The number of hydrogen-bond donors (Lipinski definition) is 1.